The summed E-state index contributed by atoms with van der Waals surface area (Å²) in [5, 5.41) is 2.82. The Kier molecular flexibility index (Phi) is 4.59. The summed E-state index contributed by atoms with van der Waals surface area (Å²) in [4.78, 5) is 29.7. The molecule has 1 saturated carbocycles. The zero-order valence-electron chi connectivity index (χ0n) is 16.3. The molecule has 9 heteroatoms. The number of anilines is 1. The topological polar surface area (TPSA) is 62.3 Å². The van der Waals surface area contributed by atoms with Crippen LogP contribution in [0.25, 0.3) is 0 Å². The van der Waals surface area contributed by atoms with Gasteiger partial charge in [0.2, 0.25) is 0 Å². The normalized spacial score (nSPS) is 20.3. The number of nitrogens with one attached hydrogen (secondary N) is 1. The van der Waals surface area contributed by atoms with Crippen LogP contribution >= 0.6 is 0 Å². The summed E-state index contributed by atoms with van der Waals surface area (Å²) < 4.78 is 52.0. The first-order chi connectivity index (χ1) is 14.0. The van der Waals surface area contributed by atoms with Gasteiger partial charge in [-0.3, -0.25) is 14.6 Å². The fourth-order valence-electron chi connectivity index (χ4n) is 3.80. The molecule has 2 amide bonds. The van der Waals surface area contributed by atoms with Crippen LogP contribution in [0.4, 0.5) is 23.2 Å². The number of halogens is 4. The highest BCUT2D eigenvalue weighted by Crippen LogP contribution is 2.54. The van der Waals surface area contributed by atoms with Crippen molar-refractivity contribution in [2.24, 2.45) is 5.92 Å². The highest BCUT2D eigenvalue weighted by molar-refractivity contribution is 5.98. The first-order valence-corrected chi connectivity index (χ1v) is 9.45. The predicted molar refractivity (Wildman–Crippen MR) is 100 cm³/mol. The Hall–Kier alpha value is -2.97. The summed E-state index contributed by atoms with van der Waals surface area (Å²) in [6.45, 7) is 3.46. The molecule has 5 nitrogen and oxygen atoms in total. The Morgan fingerprint density at radius 2 is 1.77 bits per heavy atom. The highest BCUT2D eigenvalue weighted by atomic mass is 19.4. The van der Waals surface area contributed by atoms with Crippen molar-refractivity contribution < 1.29 is 27.2 Å². The molecule has 1 aliphatic heterocycles. The lowest BCUT2D eigenvalue weighted by Crippen LogP contribution is -2.45. The molecule has 0 spiro atoms. The van der Waals surface area contributed by atoms with Crippen molar-refractivity contribution in [2.45, 2.75) is 37.9 Å². The van der Waals surface area contributed by atoms with Crippen molar-refractivity contribution in [1.82, 2.24) is 10.3 Å². The van der Waals surface area contributed by atoms with E-state index in [2.05, 4.69) is 10.3 Å². The molecular formula is C21H19F4N3O2. The van der Waals surface area contributed by atoms with Gasteiger partial charge in [-0.15, -0.1) is 0 Å². The van der Waals surface area contributed by atoms with Crippen LogP contribution in [-0.2, 0) is 10.3 Å². The van der Waals surface area contributed by atoms with Gasteiger partial charge in [0, 0.05) is 18.0 Å². The average molecular weight is 421 g/mol. The third-order valence-corrected chi connectivity index (χ3v) is 5.54. The molecule has 158 valence electrons. The van der Waals surface area contributed by atoms with Crippen LogP contribution in [0.2, 0.25) is 0 Å². The van der Waals surface area contributed by atoms with Gasteiger partial charge in [-0.25, -0.2) is 4.39 Å². The van der Waals surface area contributed by atoms with Crippen molar-refractivity contribution in [3.63, 3.8) is 0 Å². The molecule has 1 N–H and O–H groups in total. The maximum Gasteiger partial charge on any atom is 0.471 e. The van der Waals surface area contributed by atoms with E-state index in [1.54, 1.807) is 13.8 Å². The lowest BCUT2D eigenvalue weighted by Gasteiger charge is -2.31. The number of alkyl halides is 3. The number of hydrogen-bond donors (Lipinski definition) is 1. The molecule has 0 bridgehead atoms. The van der Waals surface area contributed by atoms with E-state index < -0.39 is 29.3 Å². The van der Waals surface area contributed by atoms with Gasteiger partial charge in [-0.2, -0.15) is 13.2 Å². The minimum absolute atomic E-state index is 0.0147. The number of pyridine rings is 1. The Labute approximate surface area is 170 Å². The molecule has 1 aromatic heterocycles. The van der Waals surface area contributed by atoms with Crippen LogP contribution in [0.1, 0.15) is 47.9 Å². The molecule has 2 aromatic rings. The van der Waals surface area contributed by atoms with Crippen LogP contribution in [-0.4, -0.2) is 29.5 Å². The van der Waals surface area contributed by atoms with E-state index in [9.17, 15) is 27.2 Å². The minimum Gasteiger partial charge on any atom is -0.342 e. The van der Waals surface area contributed by atoms with Crippen LogP contribution in [0.3, 0.4) is 0 Å². The smallest absolute Gasteiger partial charge is 0.342 e. The molecule has 2 unspecified atom stereocenters. The van der Waals surface area contributed by atoms with Gasteiger partial charge in [0.1, 0.15) is 5.82 Å². The van der Waals surface area contributed by atoms with Crippen LogP contribution in [0, 0.1) is 11.7 Å². The Morgan fingerprint density at radius 1 is 1.10 bits per heavy atom. The maximum absolute atomic E-state index is 13.1. The number of fused-ring (bicyclic) bond motifs is 3. The number of carbonyl (C=O) groups is 2. The first-order valence-electron chi connectivity index (χ1n) is 9.45. The van der Waals surface area contributed by atoms with E-state index in [-0.39, 0.29) is 29.6 Å². The van der Waals surface area contributed by atoms with Gasteiger partial charge in [-0.1, -0.05) is 0 Å². The second kappa shape index (κ2) is 6.78. The summed E-state index contributed by atoms with van der Waals surface area (Å²) in [6, 6.07) is 8.05. The SMILES string of the molecule is CC(C)(NC(=O)c1ccc(F)cc1)c1ccc2c(n1)C1CC1CN2C(=O)C(F)(F)F. The Bertz CT molecular complexity index is 1020. The number of aromatic nitrogens is 1. The third-order valence-electron chi connectivity index (χ3n) is 5.54. The first kappa shape index (κ1) is 20.3. The van der Waals surface area contributed by atoms with E-state index >= 15 is 0 Å². The van der Waals surface area contributed by atoms with E-state index in [0.717, 1.165) is 4.90 Å². The fourth-order valence-corrected chi connectivity index (χ4v) is 3.80. The van der Waals surface area contributed by atoms with Crippen molar-refractivity contribution >= 4 is 17.5 Å². The predicted octanol–water partition coefficient (Wildman–Crippen LogP) is 3.90. The second-order valence-corrected chi connectivity index (χ2v) is 8.20. The lowest BCUT2D eigenvalue weighted by molar-refractivity contribution is -0.170. The molecule has 0 radical (unpaired) electrons. The fraction of sp³-hybridized carbons (Fsp3) is 0.381. The van der Waals surface area contributed by atoms with Gasteiger partial charge < -0.3 is 10.2 Å². The number of rotatable bonds is 3. The van der Waals surface area contributed by atoms with Crippen LogP contribution < -0.4 is 10.2 Å². The van der Waals surface area contributed by atoms with E-state index in [0.29, 0.717) is 17.8 Å². The van der Waals surface area contributed by atoms with Crippen LogP contribution in [0.5, 0.6) is 0 Å². The molecule has 4 rings (SSSR count). The van der Waals surface area contributed by atoms with E-state index in [4.69, 9.17) is 0 Å². The lowest BCUT2D eigenvalue weighted by atomic mass is 9.96. The summed E-state index contributed by atoms with van der Waals surface area (Å²) in [7, 11) is 0. The molecule has 2 heterocycles. The van der Waals surface area contributed by atoms with Gasteiger partial charge >= 0.3 is 12.1 Å². The zero-order valence-corrected chi connectivity index (χ0v) is 16.3. The van der Waals surface area contributed by atoms with Crippen molar-refractivity contribution in [2.75, 3.05) is 11.4 Å². The Balaban J connectivity index is 1.61. The van der Waals surface area contributed by atoms with Crippen molar-refractivity contribution in [1.29, 1.82) is 0 Å². The standard InChI is InChI=1S/C21H19F4N3O2/c1-20(2,27-18(29)11-3-5-13(22)6-4-11)16-8-7-15-17(26-16)14-9-12(14)10-28(15)19(30)21(23,24)25/h3-8,12,14H,9-10H2,1-2H3,(H,27,29). The van der Waals surface area contributed by atoms with Crippen molar-refractivity contribution in [3.05, 3.63) is 59.2 Å². The molecule has 1 fully saturated rings. The largest absolute Gasteiger partial charge is 0.471 e. The van der Waals surface area contributed by atoms with E-state index in [1.807, 2.05) is 0 Å². The summed E-state index contributed by atoms with van der Waals surface area (Å²) in [5.41, 5.74) is 0.405. The van der Waals surface area contributed by atoms with Gasteiger partial charge in [-0.05, 0) is 62.6 Å². The monoisotopic (exact) mass is 421 g/mol. The second-order valence-electron chi connectivity index (χ2n) is 8.20. The zero-order chi connectivity index (χ0) is 21.8. The number of benzene rings is 1. The van der Waals surface area contributed by atoms with E-state index in [1.165, 1.54) is 36.4 Å². The number of carbonyl (C=O) groups excluding carboxylic acids is 2. The molecule has 2 aliphatic rings. The van der Waals surface area contributed by atoms with Gasteiger partial charge in [0.15, 0.2) is 0 Å². The molecule has 2 atom stereocenters. The van der Waals surface area contributed by atoms with Gasteiger partial charge in [0.05, 0.1) is 22.6 Å². The molecular weight excluding hydrogens is 402 g/mol. The number of nitrogens with zero attached hydrogens (tertiary/aromatic N) is 2. The maximum atomic E-state index is 13.1. The number of amides is 2. The third kappa shape index (κ3) is 3.64. The average Bonchev–Trinajstić information content (AvgIpc) is 3.45. The quantitative estimate of drug-likeness (QED) is 0.765. The molecule has 1 aromatic carbocycles. The van der Waals surface area contributed by atoms with Gasteiger partial charge in [0.25, 0.3) is 5.91 Å². The Morgan fingerprint density at radius 3 is 2.40 bits per heavy atom. The minimum atomic E-state index is -4.96. The summed E-state index contributed by atoms with van der Waals surface area (Å²) in [6.07, 6.45) is -4.28. The van der Waals surface area contributed by atoms with Crippen LogP contribution in [0.15, 0.2) is 36.4 Å². The van der Waals surface area contributed by atoms with Crippen molar-refractivity contribution in [3.8, 4) is 0 Å². The summed E-state index contributed by atoms with van der Waals surface area (Å²) in [5.74, 6) is -2.81. The molecule has 1 aliphatic carbocycles. The molecule has 30 heavy (non-hydrogen) atoms. The summed E-state index contributed by atoms with van der Waals surface area (Å²) >= 11 is 0. The molecule has 0 saturated heterocycles. The number of hydrogen-bond acceptors (Lipinski definition) is 3. The highest BCUT2D eigenvalue weighted by Gasteiger charge is 2.52.